The van der Waals surface area contributed by atoms with Gasteiger partial charge < -0.3 is 14.2 Å². The van der Waals surface area contributed by atoms with Gasteiger partial charge in [-0.25, -0.2) is 0 Å². The molecule has 0 saturated carbocycles. The van der Waals surface area contributed by atoms with E-state index in [0.29, 0.717) is 29.1 Å². The summed E-state index contributed by atoms with van der Waals surface area (Å²) in [7, 11) is 4.47. The maximum absolute atomic E-state index is 10.6. The number of hydrogen-bond acceptors (Lipinski definition) is 5. The summed E-state index contributed by atoms with van der Waals surface area (Å²) in [5.74, 6) is 1.33. The summed E-state index contributed by atoms with van der Waals surface area (Å²) in [5.41, 5.74) is 0.569. The molecular formula is C13H13NO4. The topological polar surface area (TPSA) is 68.5 Å². The molecule has 0 atom stereocenters. The van der Waals surface area contributed by atoms with Crippen LogP contribution in [0.4, 0.5) is 0 Å². The van der Waals surface area contributed by atoms with Crippen molar-refractivity contribution in [1.82, 2.24) is 0 Å². The number of ether oxygens (including phenoxy) is 3. The molecule has 0 saturated heterocycles. The van der Waals surface area contributed by atoms with Crippen molar-refractivity contribution in [2.45, 2.75) is 0 Å². The Bertz CT molecular complexity index is 514. The lowest BCUT2D eigenvalue weighted by Gasteiger charge is -2.13. The van der Waals surface area contributed by atoms with Crippen LogP contribution in [0.15, 0.2) is 17.7 Å². The van der Waals surface area contributed by atoms with Gasteiger partial charge in [0.25, 0.3) is 0 Å². The number of nitrogens with zero attached hydrogens (tertiary/aromatic N) is 1. The largest absolute Gasteiger partial charge is 0.493 e. The molecule has 0 aliphatic rings. The van der Waals surface area contributed by atoms with Gasteiger partial charge in [0.15, 0.2) is 17.8 Å². The number of rotatable bonds is 5. The third-order valence-corrected chi connectivity index (χ3v) is 2.30. The van der Waals surface area contributed by atoms with Crippen LogP contribution in [0.5, 0.6) is 17.2 Å². The van der Waals surface area contributed by atoms with Crippen molar-refractivity contribution in [3.05, 3.63) is 23.3 Å². The fourth-order valence-electron chi connectivity index (χ4n) is 1.50. The Hall–Kier alpha value is -2.48. The minimum Gasteiger partial charge on any atom is -0.493 e. The Labute approximate surface area is 105 Å². The van der Waals surface area contributed by atoms with Crippen molar-refractivity contribution >= 4 is 12.4 Å². The summed E-state index contributed by atoms with van der Waals surface area (Å²) < 4.78 is 15.6. The van der Waals surface area contributed by atoms with E-state index in [1.807, 2.05) is 0 Å². The van der Waals surface area contributed by atoms with Crippen LogP contribution in [-0.2, 0) is 4.79 Å². The fraction of sp³-hybridized carbons (Fsp3) is 0.231. The molecule has 1 aromatic rings. The van der Waals surface area contributed by atoms with Gasteiger partial charge in [0.05, 0.1) is 26.9 Å². The van der Waals surface area contributed by atoms with Crippen molar-refractivity contribution in [2.75, 3.05) is 21.3 Å². The van der Waals surface area contributed by atoms with Crippen molar-refractivity contribution in [3.63, 3.8) is 0 Å². The second-order valence-corrected chi connectivity index (χ2v) is 3.25. The van der Waals surface area contributed by atoms with Crippen molar-refractivity contribution in [1.29, 1.82) is 5.26 Å². The van der Waals surface area contributed by atoms with Crippen LogP contribution in [0.3, 0.4) is 0 Å². The minimum atomic E-state index is 0.000481. The van der Waals surface area contributed by atoms with E-state index in [1.165, 1.54) is 27.4 Å². The van der Waals surface area contributed by atoms with Gasteiger partial charge in [-0.05, 0) is 18.2 Å². The van der Waals surface area contributed by atoms with E-state index in [9.17, 15) is 4.79 Å². The monoisotopic (exact) mass is 247 g/mol. The molecule has 0 aromatic heterocycles. The molecule has 18 heavy (non-hydrogen) atoms. The highest BCUT2D eigenvalue weighted by Gasteiger charge is 2.14. The number of methoxy groups -OCH3 is 3. The molecule has 5 heteroatoms. The number of benzene rings is 1. The van der Waals surface area contributed by atoms with Crippen LogP contribution < -0.4 is 14.2 Å². The van der Waals surface area contributed by atoms with E-state index < -0.39 is 0 Å². The predicted octanol–water partition coefficient (Wildman–Crippen LogP) is 1.82. The average Bonchev–Trinajstić information content (AvgIpc) is 2.43. The van der Waals surface area contributed by atoms with Gasteiger partial charge in [0.2, 0.25) is 5.75 Å². The van der Waals surface area contributed by atoms with E-state index in [-0.39, 0.29) is 5.57 Å². The van der Waals surface area contributed by atoms with Gasteiger partial charge in [0.1, 0.15) is 6.07 Å². The van der Waals surface area contributed by atoms with Gasteiger partial charge in [-0.15, -0.1) is 0 Å². The molecule has 0 heterocycles. The Kier molecular flexibility index (Phi) is 4.76. The Morgan fingerprint density at radius 3 is 2.28 bits per heavy atom. The summed E-state index contributed by atoms with van der Waals surface area (Å²) in [6.07, 6.45) is 1.91. The molecule has 0 amide bonds. The third kappa shape index (κ3) is 2.61. The minimum absolute atomic E-state index is 0.000481. The molecule has 1 rings (SSSR count). The summed E-state index contributed by atoms with van der Waals surface area (Å²) in [4.78, 5) is 10.6. The first kappa shape index (κ1) is 13.6. The molecular weight excluding hydrogens is 234 g/mol. The Morgan fingerprint density at radius 1 is 1.17 bits per heavy atom. The van der Waals surface area contributed by atoms with E-state index >= 15 is 0 Å². The summed E-state index contributed by atoms with van der Waals surface area (Å²) in [5, 5.41) is 8.73. The zero-order chi connectivity index (χ0) is 13.5. The van der Waals surface area contributed by atoms with Crippen molar-refractivity contribution < 1.29 is 19.0 Å². The number of allylic oxidation sites excluding steroid dienone is 1. The van der Waals surface area contributed by atoms with Gasteiger partial charge in [-0.3, -0.25) is 4.79 Å². The van der Waals surface area contributed by atoms with E-state index in [1.54, 1.807) is 18.2 Å². The van der Waals surface area contributed by atoms with Gasteiger partial charge in [0, 0.05) is 5.56 Å². The highest BCUT2D eigenvalue weighted by atomic mass is 16.5. The first-order valence-electron chi connectivity index (χ1n) is 5.07. The zero-order valence-corrected chi connectivity index (χ0v) is 10.4. The molecule has 0 aliphatic carbocycles. The molecule has 0 unspecified atom stereocenters. The lowest BCUT2D eigenvalue weighted by molar-refractivity contribution is -0.104. The zero-order valence-electron chi connectivity index (χ0n) is 10.4. The molecule has 0 fully saturated rings. The normalized spacial score (nSPS) is 10.4. The van der Waals surface area contributed by atoms with Crippen LogP contribution in [0.25, 0.3) is 6.08 Å². The number of nitriles is 1. The van der Waals surface area contributed by atoms with Crippen LogP contribution in [-0.4, -0.2) is 27.6 Å². The lowest BCUT2D eigenvalue weighted by Crippen LogP contribution is -1.97. The summed E-state index contributed by atoms with van der Waals surface area (Å²) in [6.45, 7) is 0. The van der Waals surface area contributed by atoms with Crippen LogP contribution in [0.1, 0.15) is 5.56 Å². The fourth-order valence-corrected chi connectivity index (χ4v) is 1.50. The molecule has 0 N–H and O–H groups in total. The van der Waals surface area contributed by atoms with Crippen molar-refractivity contribution in [2.24, 2.45) is 0 Å². The number of carbonyl (C=O) groups excluding carboxylic acids is 1. The quantitative estimate of drug-likeness (QED) is 0.451. The number of aldehydes is 1. The maximum Gasteiger partial charge on any atom is 0.203 e. The van der Waals surface area contributed by atoms with Crippen LogP contribution >= 0.6 is 0 Å². The molecule has 0 radical (unpaired) electrons. The smallest absolute Gasteiger partial charge is 0.203 e. The third-order valence-electron chi connectivity index (χ3n) is 2.30. The van der Waals surface area contributed by atoms with E-state index in [0.717, 1.165) is 0 Å². The van der Waals surface area contributed by atoms with Crippen LogP contribution in [0, 0.1) is 11.3 Å². The van der Waals surface area contributed by atoms with Crippen molar-refractivity contribution in [3.8, 4) is 23.3 Å². The number of carbonyl (C=O) groups is 1. The molecule has 5 nitrogen and oxygen atoms in total. The van der Waals surface area contributed by atoms with Gasteiger partial charge in [-0.1, -0.05) is 0 Å². The molecule has 0 aliphatic heterocycles. The molecule has 94 valence electrons. The Morgan fingerprint density at radius 2 is 1.83 bits per heavy atom. The number of hydrogen-bond donors (Lipinski definition) is 0. The molecule has 0 bridgehead atoms. The van der Waals surface area contributed by atoms with E-state index in [2.05, 4.69) is 0 Å². The highest BCUT2D eigenvalue weighted by molar-refractivity contribution is 5.88. The van der Waals surface area contributed by atoms with Gasteiger partial charge >= 0.3 is 0 Å². The SMILES string of the molecule is COc1ccc(/C=C(\C#N)C=O)c(OC)c1OC. The lowest BCUT2D eigenvalue weighted by atomic mass is 10.1. The first-order chi connectivity index (χ1) is 8.71. The molecule has 0 spiro atoms. The highest BCUT2D eigenvalue weighted by Crippen LogP contribution is 2.40. The maximum atomic E-state index is 10.6. The summed E-state index contributed by atoms with van der Waals surface area (Å²) in [6, 6.07) is 5.14. The standard InChI is InChI=1S/C13H13NO4/c1-16-11-5-4-10(6-9(7-14)8-15)12(17-2)13(11)18-3/h4-6,8H,1-3H3/b9-6+. The average molecular weight is 247 g/mol. The Balaban J connectivity index is 3.43. The predicted molar refractivity (Wildman–Crippen MR) is 65.8 cm³/mol. The molecule has 1 aromatic carbocycles. The van der Waals surface area contributed by atoms with Crippen LogP contribution in [0.2, 0.25) is 0 Å². The van der Waals surface area contributed by atoms with E-state index in [4.69, 9.17) is 19.5 Å². The second-order valence-electron chi connectivity index (χ2n) is 3.25. The summed E-state index contributed by atoms with van der Waals surface area (Å²) >= 11 is 0. The van der Waals surface area contributed by atoms with Gasteiger partial charge in [-0.2, -0.15) is 5.26 Å². The second kappa shape index (κ2) is 6.30. The first-order valence-corrected chi connectivity index (χ1v) is 5.07.